The number of aryl methyl sites for hydroxylation is 2. The maximum Gasteiger partial charge on any atom is 0.0738 e. The zero-order valence-corrected chi connectivity index (χ0v) is 10.3. The van der Waals surface area contributed by atoms with Crippen molar-refractivity contribution in [3.8, 4) is 0 Å². The predicted molar refractivity (Wildman–Crippen MR) is 64.3 cm³/mol. The fourth-order valence-corrected chi connectivity index (χ4v) is 2.76. The van der Waals surface area contributed by atoms with Crippen LogP contribution < -0.4 is 0 Å². The Hall–Kier alpha value is -0.830. The maximum atomic E-state index is 10.0. The van der Waals surface area contributed by atoms with Crippen LogP contribution in [-0.4, -0.2) is 21.0 Å². The summed E-state index contributed by atoms with van der Waals surface area (Å²) < 4.78 is 1.93. The third-order valence-corrected chi connectivity index (χ3v) is 3.57. The number of aliphatic hydroxyl groups excluding tert-OH is 1. The molecular weight excluding hydrogens is 200 g/mol. The molecule has 1 heterocycles. The molecule has 1 atom stereocenters. The van der Waals surface area contributed by atoms with Crippen LogP contribution in [0.3, 0.4) is 0 Å². The van der Waals surface area contributed by atoms with Crippen molar-refractivity contribution in [2.24, 2.45) is 5.92 Å². The molecular formula is C13H22N2O. The second-order valence-electron chi connectivity index (χ2n) is 5.15. The van der Waals surface area contributed by atoms with Crippen LogP contribution in [0.25, 0.3) is 0 Å². The van der Waals surface area contributed by atoms with Gasteiger partial charge in [0.25, 0.3) is 0 Å². The highest BCUT2D eigenvalue weighted by Crippen LogP contribution is 2.28. The number of nitrogens with zero attached hydrogens (tertiary/aromatic N) is 2. The van der Waals surface area contributed by atoms with Gasteiger partial charge in [-0.15, -0.1) is 0 Å². The largest absolute Gasteiger partial charge is 0.391 e. The van der Waals surface area contributed by atoms with Crippen LogP contribution in [0, 0.1) is 19.8 Å². The molecule has 0 amide bonds. The monoisotopic (exact) mass is 222 g/mol. The minimum absolute atomic E-state index is 0.235. The average Bonchev–Trinajstić information content (AvgIpc) is 2.78. The molecule has 2 rings (SSSR count). The number of hydrogen-bond donors (Lipinski definition) is 1. The van der Waals surface area contributed by atoms with Gasteiger partial charge in [0, 0.05) is 5.69 Å². The fraction of sp³-hybridized carbons (Fsp3) is 0.769. The van der Waals surface area contributed by atoms with Crippen LogP contribution in [0.15, 0.2) is 6.07 Å². The Morgan fingerprint density at radius 2 is 2.12 bits per heavy atom. The molecule has 1 aliphatic carbocycles. The van der Waals surface area contributed by atoms with Gasteiger partial charge in [-0.25, -0.2) is 0 Å². The lowest BCUT2D eigenvalue weighted by Gasteiger charge is -2.16. The lowest BCUT2D eigenvalue weighted by molar-refractivity contribution is 0.119. The summed E-state index contributed by atoms with van der Waals surface area (Å²) in [6.45, 7) is 4.69. The lowest BCUT2D eigenvalue weighted by Crippen LogP contribution is -2.20. The molecule has 0 radical (unpaired) electrons. The smallest absolute Gasteiger partial charge is 0.0738 e. The third-order valence-electron chi connectivity index (χ3n) is 3.57. The van der Waals surface area contributed by atoms with Crippen molar-refractivity contribution in [3.63, 3.8) is 0 Å². The minimum atomic E-state index is -0.235. The molecule has 1 unspecified atom stereocenters. The van der Waals surface area contributed by atoms with Gasteiger partial charge in [-0.05, 0) is 32.3 Å². The van der Waals surface area contributed by atoms with Crippen LogP contribution in [0.1, 0.15) is 43.5 Å². The fourth-order valence-electron chi connectivity index (χ4n) is 2.76. The summed E-state index contributed by atoms with van der Waals surface area (Å²) in [5.41, 5.74) is 2.17. The summed E-state index contributed by atoms with van der Waals surface area (Å²) in [7, 11) is 0. The zero-order valence-electron chi connectivity index (χ0n) is 10.3. The second-order valence-corrected chi connectivity index (χ2v) is 5.15. The molecule has 1 N–H and O–H groups in total. The van der Waals surface area contributed by atoms with E-state index in [1.807, 2.05) is 18.5 Å². The quantitative estimate of drug-likeness (QED) is 0.849. The minimum Gasteiger partial charge on any atom is -0.391 e. The van der Waals surface area contributed by atoms with Crippen molar-refractivity contribution in [1.29, 1.82) is 0 Å². The van der Waals surface area contributed by atoms with Crippen molar-refractivity contribution < 1.29 is 5.11 Å². The van der Waals surface area contributed by atoms with E-state index in [0.717, 1.165) is 23.7 Å². The Balaban J connectivity index is 1.86. The Labute approximate surface area is 97.5 Å². The molecule has 3 heteroatoms. The molecule has 0 aromatic carbocycles. The maximum absolute atomic E-state index is 10.0. The Bertz CT molecular complexity index is 340. The first kappa shape index (κ1) is 11.6. The van der Waals surface area contributed by atoms with E-state index in [2.05, 4.69) is 11.2 Å². The number of hydrogen-bond acceptors (Lipinski definition) is 2. The van der Waals surface area contributed by atoms with Crippen molar-refractivity contribution in [1.82, 2.24) is 9.78 Å². The van der Waals surface area contributed by atoms with E-state index in [4.69, 9.17) is 0 Å². The van der Waals surface area contributed by atoms with Crippen molar-refractivity contribution in [3.05, 3.63) is 17.5 Å². The van der Waals surface area contributed by atoms with E-state index >= 15 is 0 Å². The van der Waals surface area contributed by atoms with E-state index in [0.29, 0.717) is 6.54 Å². The second kappa shape index (κ2) is 5.00. The first-order chi connectivity index (χ1) is 7.65. The summed E-state index contributed by atoms with van der Waals surface area (Å²) in [6, 6.07) is 2.06. The SMILES string of the molecule is Cc1cc(C)n(CC(O)CC2CCCC2)n1. The van der Waals surface area contributed by atoms with E-state index < -0.39 is 0 Å². The van der Waals surface area contributed by atoms with Crippen LogP contribution in [0.4, 0.5) is 0 Å². The molecule has 0 saturated heterocycles. The van der Waals surface area contributed by atoms with E-state index in [-0.39, 0.29) is 6.10 Å². The number of rotatable bonds is 4. The van der Waals surface area contributed by atoms with Gasteiger partial charge in [0.2, 0.25) is 0 Å². The van der Waals surface area contributed by atoms with E-state index in [1.54, 1.807) is 0 Å². The van der Waals surface area contributed by atoms with Crippen molar-refractivity contribution in [2.75, 3.05) is 0 Å². The molecule has 0 bridgehead atoms. The predicted octanol–water partition coefficient (Wildman–Crippen LogP) is 2.44. The van der Waals surface area contributed by atoms with Gasteiger partial charge in [0.05, 0.1) is 18.3 Å². The molecule has 1 saturated carbocycles. The standard InChI is InChI=1S/C13H22N2O/c1-10-7-11(2)15(14-10)9-13(16)8-12-5-3-4-6-12/h7,12-13,16H,3-6,8-9H2,1-2H3. The van der Waals surface area contributed by atoms with Gasteiger partial charge in [0.1, 0.15) is 0 Å². The highest BCUT2D eigenvalue weighted by atomic mass is 16.3. The Kier molecular flexibility index (Phi) is 3.64. The zero-order chi connectivity index (χ0) is 11.5. The topological polar surface area (TPSA) is 38.0 Å². The molecule has 0 aliphatic heterocycles. The van der Waals surface area contributed by atoms with Gasteiger partial charge in [0.15, 0.2) is 0 Å². The Morgan fingerprint density at radius 1 is 1.44 bits per heavy atom. The third kappa shape index (κ3) is 2.85. The first-order valence-electron chi connectivity index (χ1n) is 6.34. The normalized spacial score (nSPS) is 19.2. The molecule has 16 heavy (non-hydrogen) atoms. The van der Waals surface area contributed by atoms with Gasteiger partial charge >= 0.3 is 0 Å². The van der Waals surface area contributed by atoms with E-state index in [9.17, 15) is 5.11 Å². The summed E-state index contributed by atoms with van der Waals surface area (Å²) in [5.74, 6) is 0.743. The molecule has 1 aromatic rings. The number of aliphatic hydroxyl groups is 1. The first-order valence-corrected chi connectivity index (χ1v) is 6.34. The van der Waals surface area contributed by atoms with Gasteiger partial charge < -0.3 is 5.11 Å². The molecule has 0 spiro atoms. The van der Waals surface area contributed by atoms with Gasteiger partial charge in [-0.1, -0.05) is 25.7 Å². The summed E-state index contributed by atoms with van der Waals surface area (Å²) in [4.78, 5) is 0. The highest BCUT2D eigenvalue weighted by molar-refractivity contribution is 5.06. The number of aromatic nitrogens is 2. The lowest BCUT2D eigenvalue weighted by atomic mass is 10.0. The summed E-state index contributed by atoms with van der Waals surface area (Å²) in [6.07, 6.45) is 6.00. The van der Waals surface area contributed by atoms with Gasteiger partial charge in [-0.3, -0.25) is 4.68 Å². The van der Waals surface area contributed by atoms with Crippen molar-refractivity contribution >= 4 is 0 Å². The molecule has 1 fully saturated rings. The molecule has 1 aliphatic rings. The summed E-state index contributed by atoms with van der Waals surface area (Å²) >= 11 is 0. The molecule has 90 valence electrons. The Morgan fingerprint density at radius 3 is 2.69 bits per heavy atom. The van der Waals surface area contributed by atoms with E-state index in [1.165, 1.54) is 25.7 Å². The van der Waals surface area contributed by atoms with Crippen LogP contribution in [-0.2, 0) is 6.54 Å². The van der Waals surface area contributed by atoms with Crippen LogP contribution in [0.2, 0.25) is 0 Å². The van der Waals surface area contributed by atoms with Crippen LogP contribution in [0.5, 0.6) is 0 Å². The highest BCUT2D eigenvalue weighted by Gasteiger charge is 2.19. The molecule has 3 nitrogen and oxygen atoms in total. The van der Waals surface area contributed by atoms with Crippen molar-refractivity contribution in [2.45, 2.75) is 58.6 Å². The van der Waals surface area contributed by atoms with Gasteiger partial charge in [-0.2, -0.15) is 5.10 Å². The summed E-state index contributed by atoms with van der Waals surface area (Å²) in [5, 5.41) is 14.4. The molecule has 1 aromatic heterocycles. The van der Waals surface area contributed by atoms with Crippen LogP contribution >= 0.6 is 0 Å². The average molecular weight is 222 g/mol.